The largest absolute Gasteiger partial charge is 0.337 e. The fraction of sp³-hybridized carbons (Fsp3) is 0.238. The van der Waals surface area contributed by atoms with Crippen molar-refractivity contribution >= 4 is 21.1 Å². The third-order valence-electron chi connectivity index (χ3n) is 5.07. The van der Waals surface area contributed by atoms with E-state index in [1.165, 1.54) is 23.7 Å². The van der Waals surface area contributed by atoms with Gasteiger partial charge >= 0.3 is 11.1 Å². The van der Waals surface area contributed by atoms with Gasteiger partial charge in [-0.25, -0.2) is 8.42 Å². The van der Waals surface area contributed by atoms with Gasteiger partial charge in [-0.05, 0) is 36.2 Å². The Morgan fingerprint density at radius 1 is 1.09 bits per heavy atom. The van der Waals surface area contributed by atoms with Crippen molar-refractivity contribution in [1.29, 1.82) is 0 Å². The lowest BCUT2D eigenvalue weighted by Crippen LogP contribution is -2.34. The van der Waals surface area contributed by atoms with Crippen LogP contribution in [-0.2, 0) is 17.1 Å². The summed E-state index contributed by atoms with van der Waals surface area (Å²) in [6.07, 6.45) is 0. The molecular formula is C21H21N5O5S. The number of sulfonamides is 1. The molecule has 0 saturated carbocycles. The van der Waals surface area contributed by atoms with Gasteiger partial charge in [-0.3, -0.25) is 9.59 Å². The van der Waals surface area contributed by atoms with Gasteiger partial charge in [-0.15, -0.1) is 0 Å². The van der Waals surface area contributed by atoms with Crippen molar-refractivity contribution < 1.29 is 12.9 Å². The fourth-order valence-electron chi connectivity index (χ4n) is 3.29. The molecule has 10 nitrogen and oxygen atoms in total. The van der Waals surface area contributed by atoms with Gasteiger partial charge in [0.25, 0.3) is 0 Å². The van der Waals surface area contributed by atoms with E-state index in [9.17, 15) is 18.0 Å². The summed E-state index contributed by atoms with van der Waals surface area (Å²) in [5.41, 5.74) is 0.123. The molecule has 2 heterocycles. The Bertz CT molecular complexity index is 1500. The average Bonchev–Trinajstić information content (AvgIpc) is 3.26. The molecule has 0 unspecified atom stereocenters. The summed E-state index contributed by atoms with van der Waals surface area (Å²) in [7, 11) is -2.29. The summed E-state index contributed by atoms with van der Waals surface area (Å²) in [6, 6.07) is 12.3. The van der Waals surface area contributed by atoms with Crippen LogP contribution >= 0.6 is 0 Å². The number of hydrogen-bond acceptors (Lipinski definition) is 7. The topological polar surface area (TPSA) is 140 Å². The van der Waals surface area contributed by atoms with E-state index in [2.05, 4.69) is 19.8 Å². The van der Waals surface area contributed by atoms with E-state index < -0.39 is 27.2 Å². The molecule has 0 saturated heterocycles. The highest BCUT2D eigenvalue weighted by molar-refractivity contribution is 7.89. The van der Waals surface area contributed by atoms with Gasteiger partial charge in [0.05, 0.1) is 15.9 Å². The number of aromatic amines is 1. The molecule has 166 valence electrons. The Labute approximate surface area is 183 Å². The van der Waals surface area contributed by atoms with Crippen molar-refractivity contribution in [2.45, 2.75) is 24.8 Å². The van der Waals surface area contributed by atoms with Crippen molar-refractivity contribution in [3.63, 3.8) is 0 Å². The van der Waals surface area contributed by atoms with E-state index >= 15 is 0 Å². The second-order valence-corrected chi connectivity index (χ2v) is 9.38. The first-order chi connectivity index (χ1) is 15.2. The van der Waals surface area contributed by atoms with Crippen molar-refractivity contribution in [2.24, 2.45) is 13.0 Å². The van der Waals surface area contributed by atoms with Crippen molar-refractivity contribution in [1.82, 2.24) is 24.4 Å². The number of rotatable bonds is 6. The van der Waals surface area contributed by atoms with Crippen LogP contribution in [0.3, 0.4) is 0 Å². The number of H-pyrrole nitrogens is 1. The minimum atomic E-state index is -3.80. The first-order valence-corrected chi connectivity index (χ1v) is 11.3. The molecule has 0 radical (unpaired) electrons. The SMILES string of the molecule is CC(C)[C@@H](NS(=O)(=O)c1ccccc1)c1nc(-c2ccc3c(c2)[nH]c(=O)c(=O)n3C)no1. The number of fused-ring (bicyclic) bond motifs is 1. The van der Waals surface area contributed by atoms with Crippen LogP contribution in [-0.4, -0.2) is 28.1 Å². The standard InChI is InChI=1S/C21H21N5O5S/c1-12(2)17(25-32(29,30)14-7-5-4-6-8-14)20-23-18(24-31-20)13-9-10-16-15(11-13)22-19(27)21(28)26(16)3/h4-12,17,25H,1-3H3,(H,22,27)/t17-/m1/s1. The quantitative estimate of drug-likeness (QED) is 0.424. The van der Waals surface area contributed by atoms with E-state index in [1.807, 2.05) is 13.8 Å². The number of nitrogens with zero attached hydrogens (tertiary/aromatic N) is 3. The van der Waals surface area contributed by atoms with Crippen molar-refractivity contribution in [2.75, 3.05) is 0 Å². The zero-order valence-corrected chi connectivity index (χ0v) is 18.4. The zero-order chi connectivity index (χ0) is 23.0. The second-order valence-electron chi connectivity index (χ2n) is 7.66. The number of nitrogens with one attached hydrogen (secondary N) is 2. The maximum atomic E-state index is 12.8. The highest BCUT2D eigenvalue weighted by atomic mass is 32.2. The zero-order valence-electron chi connectivity index (χ0n) is 17.6. The van der Waals surface area contributed by atoms with E-state index in [0.29, 0.717) is 16.6 Å². The molecule has 11 heteroatoms. The third-order valence-corrected chi connectivity index (χ3v) is 6.53. The van der Waals surface area contributed by atoms with Gasteiger partial charge in [0.1, 0.15) is 6.04 Å². The van der Waals surface area contributed by atoms with Gasteiger partial charge < -0.3 is 14.1 Å². The smallest absolute Gasteiger partial charge is 0.316 e. The van der Waals surface area contributed by atoms with E-state index in [0.717, 1.165) is 0 Å². The normalized spacial score (nSPS) is 13.0. The monoisotopic (exact) mass is 455 g/mol. The number of benzene rings is 2. The molecule has 0 aliphatic rings. The molecule has 2 aromatic heterocycles. The highest BCUT2D eigenvalue weighted by Gasteiger charge is 2.28. The number of hydrogen-bond donors (Lipinski definition) is 2. The van der Waals surface area contributed by atoms with E-state index in [1.54, 1.807) is 36.4 Å². The predicted octanol–water partition coefficient (Wildman–Crippen LogP) is 1.95. The van der Waals surface area contributed by atoms with Crippen LogP contribution in [0.2, 0.25) is 0 Å². The molecule has 32 heavy (non-hydrogen) atoms. The van der Waals surface area contributed by atoms with Crippen LogP contribution < -0.4 is 15.8 Å². The van der Waals surface area contributed by atoms with Crippen LogP contribution in [0.1, 0.15) is 25.8 Å². The first-order valence-electron chi connectivity index (χ1n) is 9.82. The summed E-state index contributed by atoms with van der Waals surface area (Å²) >= 11 is 0. The van der Waals surface area contributed by atoms with E-state index in [4.69, 9.17) is 4.52 Å². The minimum Gasteiger partial charge on any atom is -0.337 e. The van der Waals surface area contributed by atoms with Gasteiger partial charge in [0.15, 0.2) is 0 Å². The molecule has 0 aliphatic carbocycles. The van der Waals surface area contributed by atoms with Crippen molar-refractivity contribution in [3.8, 4) is 11.4 Å². The molecule has 0 fully saturated rings. The van der Waals surface area contributed by atoms with Crippen LogP contribution in [0.4, 0.5) is 0 Å². The lowest BCUT2D eigenvalue weighted by atomic mass is 10.1. The molecule has 2 aromatic carbocycles. The van der Waals surface area contributed by atoms with Crippen LogP contribution in [0, 0.1) is 5.92 Å². The van der Waals surface area contributed by atoms with Gasteiger partial charge in [0.2, 0.25) is 21.7 Å². The molecule has 4 rings (SSSR count). The summed E-state index contributed by atoms with van der Waals surface area (Å²) in [6.45, 7) is 3.67. The van der Waals surface area contributed by atoms with Crippen molar-refractivity contribution in [3.05, 3.63) is 75.1 Å². The fourth-order valence-corrected chi connectivity index (χ4v) is 4.65. The van der Waals surface area contributed by atoms with Gasteiger partial charge in [0, 0.05) is 12.6 Å². The maximum absolute atomic E-state index is 12.8. The molecule has 2 N–H and O–H groups in total. The highest BCUT2D eigenvalue weighted by Crippen LogP contribution is 2.26. The predicted molar refractivity (Wildman–Crippen MR) is 117 cm³/mol. The van der Waals surface area contributed by atoms with Gasteiger partial charge in [-0.2, -0.15) is 9.71 Å². The Kier molecular flexibility index (Phi) is 5.53. The van der Waals surface area contributed by atoms with Crippen LogP contribution in [0.5, 0.6) is 0 Å². The van der Waals surface area contributed by atoms with Gasteiger partial charge in [-0.1, -0.05) is 37.2 Å². The number of aryl methyl sites for hydroxylation is 1. The summed E-state index contributed by atoms with van der Waals surface area (Å²) in [5, 5.41) is 3.98. The Morgan fingerprint density at radius 2 is 1.81 bits per heavy atom. The van der Waals surface area contributed by atoms with E-state index in [-0.39, 0.29) is 22.5 Å². The summed E-state index contributed by atoms with van der Waals surface area (Å²) in [4.78, 5) is 30.7. The Balaban J connectivity index is 1.69. The maximum Gasteiger partial charge on any atom is 0.316 e. The van der Waals surface area contributed by atoms with Crippen LogP contribution in [0.15, 0.2) is 67.5 Å². The molecular weight excluding hydrogens is 434 g/mol. The summed E-state index contributed by atoms with van der Waals surface area (Å²) < 4.78 is 34.8. The first kappa shape index (κ1) is 21.7. The molecule has 0 bridgehead atoms. The molecule has 0 amide bonds. The molecule has 1 atom stereocenters. The Morgan fingerprint density at radius 3 is 2.50 bits per heavy atom. The average molecular weight is 455 g/mol. The lowest BCUT2D eigenvalue weighted by molar-refractivity contribution is 0.311. The van der Waals surface area contributed by atoms with Crippen LogP contribution in [0.25, 0.3) is 22.4 Å². The summed E-state index contributed by atoms with van der Waals surface area (Å²) in [5.74, 6) is 0.161. The number of aromatic nitrogens is 4. The molecule has 0 spiro atoms. The second kappa shape index (κ2) is 8.17. The molecule has 4 aromatic rings. The molecule has 0 aliphatic heterocycles. The lowest BCUT2D eigenvalue weighted by Gasteiger charge is -2.18. The minimum absolute atomic E-state index is 0.114. The third kappa shape index (κ3) is 3.99. The Hall–Kier alpha value is -3.57.